The van der Waals surface area contributed by atoms with Crippen LogP contribution in [0.3, 0.4) is 0 Å². The zero-order valence-corrected chi connectivity index (χ0v) is 74.8. The van der Waals surface area contributed by atoms with Crippen molar-refractivity contribution >= 4 is 120 Å². The van der Waals surface area contributed by atoms with E-state index in [0.29, 0.717) is 11.8 Å². The van der Waals surface area contributed by atoms with Gasteiger partial charge in [0.1, 0.15) is 0 Å². The number of rotatable bonds is 6. The van der Waals surface area contributed by atoms with Gasteiger partial charge in [-0.2, -0.15) is 0 Å². The summed E-state index contributed by atoms with van der Waals surface area (Å²) >= 11 is 0. The van der Waals surface area contributed by atoms with Gasteiger partial charge in [-0.25, -0.2) is 0 Å². The molecule has 12 heteroatoms. The van der Waals surface area contributed by atoms with Crippen LogP contribution in [0.25, 0.3) is 165 Å². The van der Waals surface area contributed by atoms with Crippen molar-refractivity contribution in [1.29, 1.82) is 0 Å². The van der Waals surface area contributed by atoms with E-state index >= 15 is 0 Å². The van der Waals surface area contributed by atoms with Crippen LogP contribution in [0.5, 0.6) is 0 Å². The van der Waals surface area contributed by atoms with Crippen molar-refractivity contribution in [3.05, 3.63) is 347 Å². The molecule has 0 bridgehead atoms. The fourth-order valence-electron chi connectivity index (χ4n) is 17.5. The van der Waals surface area contributed by atoms with E-state index in [1.165, 1.54) is 180 Å². The first kappa shape index (κ1) is 78.4. The van der Waals surface area contributed by atoms with Gasteiger partial charge in [0, 0.05) is 138 Å². The predicted octanol–water partition coefficient (Wildman–Crippen LogP) is 26.1. The number of nitrogens with zero attached hydrogens (tertiary/aromatic N) is 8. The molecule has 8 heterocycles. The van der Waals surface area contributed by atoms with Crippen LogP contribution in [0, 0.1) is 86.6 Å². The molecular weight excluding hydrogens is 2120 g/mol. The predicted molar refractivity (Wildman–Crippen MR) is 462 cm³/mol. The van der Waals surface area contributed by atoms with E-state index in [9.17, 15) is 0 Å². The van der Waals surface area contributed by atoms with Gasteiger partial charge in [0.15, 0.2) is 0 Å². The molecule has 0 atom stereocenters. The molecule has 23 rings (SSSR count). The molecule has 4 radical (unpaired) electrons. The molecule has 0 amide bonds. The Balaban J connectivity index is 0.000000118. The first-order valence-corrected chi connectivity index (χ1v) is 38.9. The summed E-state index contributed by atoms with van der Waals surface area (Å²) in [5.74, 6) is 1.41. The summed E-state index contributed by atoms with van der Waals surface area (Å²) in [6, 6.07) is 98.3. The van der Waals surface area contributed by atoms with Gasteiger partial charge in [0.25, 0.3) is 0 Å². The molecule has 8 aromatic heterocycles. The molecule has 2 saturated carbocycles. The molecule has 2 aliphatic carbocycles. The average molecular weight is 2200 g/mol. The SMILES string of the molecule is Cc1cc(-c2ccccc2)c(-c2cnc3c4[c-]cccc4c4cc(C)c(C)cc4n23)c(-c2ccccc2)c1.Cc1cc(C2CC2)c(-c2cnc3c4[c-]cccc4c4cc(C)c(C)cc4n23)c(C2CC2)c1.Cc1ccc2c3ccc[c-]c3c3nccn3c2c1.Cc1ccc2nc3c4[c-]ccc(C)c4c4ccccc4n3c2c1.[Ir].[Ir].[Ir].[Ir]. The number of aromatic nitrogens is 8. The summed E-state index contributed by atoms with van der Waals surface area (Å²) in [6.45, 7) is 19.6. The Hall–Kier alpha value is -10.4. The average Bonchev–Trinajstić information content (AvgIpc) is 1.65. The molecule has 0 spiro atoms. The fraction of sp³-hybridized carbons (Fsp3) is 0.146. The first-order valence-electron chi connectivity index (χ1n) is 38.9. The Bertz CT molecular complexity index is 7320. The zero-order chi connectivity index (χ0) is 75.0. The number of fused-ring (bicyclic) bond motifs is 26. The number of para-hydroxylation sites is 1. The van der Waals surface area contributed by atoms with Gasteiger partial charge in [-0.1, -0.05) is 173 Å². The van der Waals surface area contributed by atoms with Gasteiger partial charge >= 0.3 is 0 Å². The van der Waals surface area contributed by atoms with E-state index in [1.54, 1.807) is 11.1 Å². The van der Waals surface area contributed by atoms with Crippen LogP contribution in [0.2, 0.25) is 0 Å². The first-order chi connectivity index (χ1) is 54.3. The van der Waals surface area contributed by atoms with Gasteiger partial charge < -0.3 is 17.6 Å². The Kier molecular flexibility index (Phi) is 21.6. The van der Waals surface area contributed by atoms with Gasteiger partial charge in [-0.3, -0.25) is 19.9 Å². The fourth-order valence-corrected chi connectivity index (χ4v) is 17.5. The van der Waals surface area contributed by atoms with E-state index in [4.69, 9.17) is 15.0 Å². The van der Waals surface area contributed by atoms with E-state index in [2.05, 4.69) is 322 Å². The van der Waals surface area contributed by atoms with Crippen LogP contribution in [0.4, 0.5) is 0 Å². The number of hydrogen-bond acceptors (Lipinski definition) is 4. The largest absolute Gasteiger partial charge is 0.340 e. The minimum atomic E-state index is 0. The molecule has 0 aliphatic heterocycles. The summed E-state index contributed by atoms with van der Waals surface area (Å²) in [6.07, 6.45) is 13.3. The molecule has 572 valence electrons. The van der Waals surface area contributed by atoms with Crippen LogP contribution in [-0.2, 0) is 80.4 Å². The summed E-state index contributed by atoms with van der Waals surface area (Å²) in [5.41, 5.74) is 35.5. The van der Waals surface area contributed by atoms with Crippen molar-refractivity contribution in [2.75, 3.05) is 0 Å². The third kappa shape index (κ3) is 13.7. The number of aryl methyl sites for hydroxylation is 9. The molecule has 21 aromatic rings. The molecule has 0 saturated heterocycles. The maximum absolute atomic E-state index is 5.05. The van der Waals surface area contributed by atoms with Gasteiger partial charge in [-0.15, -0.1) is 113 Å². The van der Waals surface area contributed by atoms with Crippen molar-refractivity contribution in [1.82, 2.24) is 37.5 Å². The zero-order valence-electron chi connectivity index (χ0n) is 65.2. The molecule has 0 unspecified atom stereocenters. The number of imidazole rings is 4. The Morgan fingerprint density at radius 3 is 1.35 bits per heavy atom. The van der Waals surface area contributed by atoms with Crippen molar-refractivity contribution in [2.24, 2.45) is 0 Å². The topological polar surface area (TPSA) is 69.2 Å². The third-order valence-electron chi connectivity index (χ3n) is 23.4. The Morgan fingerprint density at radius 2 is 0.791 bits per heavy atom. The summed E-state index contributed by atoms with van der Waals surface area (Å²) in [5, 5.41) is 14.2. The van der Waals surface area contributed by atoms with Crippen LogP contribution >= 0.6 is 0 Å². The van der Waals surface area contributed by atoms with Crippen molar-refractivity contribution < 1.29 is 80.4 Å². The van der Waals surface area contributed by atoms with Crippen molar-refractivity contribution in [3.8, 4) is 44.8 Å². The Labute approximate surface area is 723 Å². The molecule has 2 fully saturated rings. The quantitative estimate of drug-likeness (QED) is 0.123. The van der Waals surface area contributed by atoms with E-state index in [0.717, 1.165) is 60.9 Å². The maximum Gasteiger partial charge on any atom is 0.0774 e. The second kappa shape index (κ2) is 31.6. The minimum Gasteiger partial charge on any atom is -0.340 e. The van der Waals surface area contributed by atoms with Crippen LogP contribution in [-0.4, -0.2) is 37.5 Å². The number of pyridine rings is 4. The Morgan fingerprint density at radius 1 is 0.322 bits per heavy atom. The van der Waals surface area contributed by atoms with Crippen LogP contribution in [0.1, 0.15) is 98.7 Å². The van der Waals surface area contributed by atoms with E-state index in [-0.39, 0.29) is 80.4 Å². The van der Waals surface area contributed by atoms with Crippen LogP contribution < -0.4 is 0 Å². The molecule has 0 N–H and O–H groups in total. The minimum absolute atomic E-state index is 0. The standard InChI is InChI=1S/C36H27N2.C30H27N2.C21H15N2.C16H11N2.4Ir/c1-23-18-30(26-12-6-4-7-13-26)35(31(19-23)27-14-8-5-9-15-27)34-22-37-36-29-17-11-10-16-28(29)32-20-24(2)25(3)21-33(32)38(34)36;1-17-12-24(20-8-9-20)29(25(13-17)21-10-11-21)28-16-31-30-23-7-5-4-6-22(23)26-14-18(2)19(3)15-27(26)32(28)30;1-13-10-11-17-19(12-13)23-18-9-4-3-7-15(18)20-14(2)6-5-8-16(20)21(23)22-17;1-11-6-7-13-12-4-2-3-5-14(12)16-17-8-9-18(16)15(13)10-11;;;;/h4-16,18-22H,1-3H3;4-6,12-16,20-21H,8-11H2,1-3H3;3-7,9-12H,1-2H3;2-4,6-10H,1H3;;;;/q4*-1;;;;. The molecule has 2 aliphatic rings. The van der Waals surface area contributed by atoms with E-state index in [1.807, 2.05) is 48.9 Å². The summed E-state index contributed by atoms with van der Waals surface area (Å²) < 4.78 is 9.20. The second-order valence-electron chi connectivity index (χ2n) is 31.1. The number of benzene rings is 13. The van der Waals surface area contributed by atoms with Gasteiger partial charge in [0.05, 0.1) is 45.0 Å². The number of hydrogen-bond donors (Lipinski definition) is 0. The molecule has 115 heavy (non-hydrogen) atoms. The van der Waals surface area contributed by atoms with Crippen molar-refractivity contribution in [3.63, 3.8) is 0 Å². The maximum atomic E-state index is 5.05. The van der Waals surface area contributed by atoms with Crippen LogP contribution in [0.15, 0.2) is 261 Å². The van der Waals surface area contributed by atoms with Gasteiger partial charge in [0.2, 0.25) is 0 Å². The monoisotopic (exact) mass is 2200 g/mol. The molecule has 8 nitrogen and oxygen atoms in total. The summed E-state index contributed by atoms with van der Waals surface area (Å²) in [7, 11) is 0. The third-order valence-corrected chi connectivity index (χ3v) is 23.4. The normalized spacial score (nSPS) is 12.6. The van der Waals surface area contributed by atoms with Gasteiger partial charge in [-0.05, 0) is 223 Å². The summed E-state index contributed by atoms with van der Waals surface area (Å²) in [4.78, 5) is 19.4. The van der Waals surface area contributed by atoms with E-state index < -0.39 is 0 Å². The molecular formula is C103H80Ir4N8-4. The molecule has 13 aromatic carbocycles. The smallest absolute Gasteiger partial charge is 0.0774 e. The second-order valence-corrected chi connectivity index (χ2v) is 31.1. The van der Waals surface area contributed by atoms with Crippen molar-refractivity contribution in [2.45, 2.75) is 99.8 Å².